The van der Waals surface area contributed by atoms with Gasteiger partial charge < -0.3 is 4.57 Å². The Kier molecular flexibility index (Phi) is 6.14. The summed E-state index contributed by atoms with van der Waals surface area (Å²) >= 11 is 1.45. The third-order valence-electron chi connectivity index (χ3n) is 5.66. The maximum atomic E-state index is 13.2. The van der Waals surface area contributed by atoms with Gasteiger partial charge in [-0.15, -0.1) is 0 Å². The van der Waals surface area contributed by atoms with Crippen LogP contribution in [0.2, 0.25) is 0 Å². The summed E-state index contributed by atoms with van der Waals surface area (Å²) in [7, 11) is -3.65. The summed E-state index contributed by atoms with van der Waals surface area (Å²) in [4.78, 5) is 18.0. The molecule has 1 aliphatic rings. The number of amides is 1. The Morgan fingerprint density at radius 3 is 2.52 bits per heavy atom. The van der Waals surface area contributed by atoms with Crippen molar-refractivity contribution in [1.29, 1.82) is 0 Å². The summed E-state index contributed by atoms with van der Waals surface area (Å²) < 4.78 is 31.0. The van der Waals surface area contributed by atoms with E-state index in [0.717, 1.165) is 16.6 Å². The first-order valence-electron chi connectivity index (χ1n) is 10.6. The van der Waals surface area contributed by atoms with Crippen LogP contribution in [0.25, 0.3) is 10.2 Å². The highest BCUT2D eigenvalue weighted by atomic mass is 32.2. The predicted molar refractivity (Wildman–Crippen MR) is 124 cm³/mol. The largest absolute Gasteiger partial charge is 0.317 e. The molecular formula is C23H27N3O3S2. The number of carbonyl (C=O) groups excluding carboxylic acids is 1. The van der Waals surface area contributed by atoms with Crippen LogP contribution in [0.4, 0.5) is 0 Å². The Bertz CT molecular complexity index is 1280. The van der Waals surface area contributed by atoms with Crippen LogP contribution in [0.3, 0.4) is 0 Å². The van der Waals surface area contributed by atoms with Crippen LogP contribution >= 0.6 is 11.3 Å². The smallest absolute Gasteiger partial charge is 0.279 e. The summed E-state index contributed by atoms with van der Waals surface area (Å²) in [5.74, 6) is 0.192. The molecule has 0 bridgehead atoms. The van der Waals surface area contributed by atoms with Gasteiger partial charge in [0.25, 0.3) is 5.91 Å². The number of aryl methyl sites for hydroxylation is 1. The minimum absolute atomic E-state index is 0.148. The van der Waals surface area contributed by atoms with Crippen molar-refractivity contribution in [3.05, 3.63) is 58.9 Å². The zero-order chi connectivity index (χ0) is 22.2. The monoisotopic (exact) mass is 457 g/mol. The number of carbonyl (C=O) groups is 1. The van der Waals surface area contributed by atoms with Gasteiger partial charge in [-0.05, 0) is 55.5 Å². The molecule has 0 saturated carbocycles. The normalized spacial score (nSPS) is 20.9. The van der Waals surface area contributed by atoms with E-state index in [4.69, 9.17) is 0 Å². The van der Waals surface area contributed by atoms with Crippen LogP contribution in [0.1, 0.15) is 37.6 Å². The molecule has 0 unspecified atom stereocenters. The van der Waals surface area contributed by atoms with Gasteiger partial charge in [0.2, 0.25) is 10.0 Å². The lowest BCUT2D eigenvalue weighted by molar-refractivity contribution is 0.0997. The van der Waals surface area contributed by atoms with Crippen molar-refractivity contribution in [1.82, 2.24) is 8.87 Å². The maximum Gasteiger partial charge on any atom is 0.279 e. The Morgan fingerprint density at radius 2 is 1.81 bits per heavy atom. The molecule has 0 spiro atoms. The number of hydrogen-bond donors (Lipinski definition) is 0. The fourth-order valence-electron chi connectivity index (χ4n) is 4.30. The molecule has 6 nitrogen and oxygen atoms in total. The Labute approximate surface area is 186 Å². The molecule has 0 radical (unpaired) electrons. The summed E-state index contributed by atoms with van der Waals surface area (Å²) in [5.41, 5.74) is 1.31. The molecule has 4 rings (SSSR count). The second kappa shape index (κ2) is 8.68. The zero-order valence-electron chi connectivity index (χ0n) is 18.0. The summed E-state index contributed by atoms with van der Waals surface area (Å²) in [6, 6.07) is 14.2. The van der Waals surface area contributed by atoms with E-state index in [0.29, 0.717) is 36.3 Å². The number of rotatable bonds is 4. The minimum atomic E-state index is -3.65. The number of hydrogen-bond acceptors (Lipinski definition) is 4. The molecule has 2 atom stereocenters. The van der Waals surface area contributed by atoms with Gasteiger partial charge in [-0.2, -0.15) is 9.30 Å². The second-order valence-electron chi connectivity index (χ2n) is 8.31. The van der Waals surface area contributed by atoms with Gasteiger partial charge >= 0.3 is 0 Å². The van der Waals surface area contributed by atoms with Crippen molar-refractivity contribution < 1.29 is 13.2 Å². The summed E-state index contributed by atoms with van der Waals surface area (Å²) in [5, 5.41) is 0. The molecule has 0 aliphatic carbocycles. The van der Waals surface area contributed by atoms with Crippen LogP contribution < -0.4 is 4.80 Å². The number of para-hydroxylation sites is 1. The highest BCUT2D eigenvalue weighted by Crippen LogP contribution is 2.27. The fourth-order valence-corrected chi connectivity index (χ4v) is 7.12. The Balaban J connectivity index is 1.69. The average Bonchev–Trinajstić information content (AvgIpc) is 3.10. The third-order valence-corrected chi connectivity index (χ3v) is 8.54. The lowest BCUT2D eigenvalue weighted by atomic mass is 9.94. The van der Waals surface area contributed by atoms with Gasteiger partial charge in [0.05, 0.1) is 15.1 Å². The molecule has 164 valence electrons. The van der Waals surface area contributed by atoms with E-state index in [2.05, 4.69) is 18.8 Å². The van der Waals surface area contributed by atoms with Crippen molar-refractivity contribution >= 4 is 37.5 Å². The fraction of sp³-hybridized carbons (Fsp3) is 0.391. The minimum Gasteiger partial charge on any atom is -0.317 e. The molecule has 1 aromatic heterocycles. The number of piperidine rings is 1. The van der Waals surface area contributed by atoms with Crippen LogP contribution in [0.5, 0.6) is 0 Å². The quantitative estimate of drug-likeness (QED) is 0.591. The van der Waals surface area contributed by atoms with E-state index in [1.807, 2.05) is 35.8 Å². The number of sulfonamides is 1. The molecule has 2 aromatic carbocycles. The van der Waals surface area contributed by atoms with Gasteiger partial charge in [0.1, 0.15) is 0 Å². The standard InChI is InChI=1S/C23H27N3O3S2/c1-4-26-20-10-5-6-11-21(20)30-23(26)24-22(27)18-8-7-9-19(13-18)31(28,29)25-14-16(2)12-17(3)15-25/h5-11,13,16-17H,4,12,14-15H2,1-3H3/t16-,17+. The molecule has 8 heteroatoms. The topological polar surface area (TPSA) is 71.7 Å². The van der Waals surface area contributed by atoms with Crippen LogP contribution in [-0.4, -0.2) is 36.3 Å². The number of aromatic nitrogens is 1. The summed E-state index contributed by atoms with van der Waals surface area (Å²) in [6.45, 7) is 7.86. The highest BCUT2D eigenvalue weighted by Gasteiger charge is 2.32. The molecule has 1 fully saturated rings. The van der Waals surface area contributed by atoms with Crippen LogP contribution in [0.15, 0.2) is 58.4 Å². The van der Waals surface area contributed by atoms with Crippen molar-refractivity contribution in [2.45, 2.75) is 38.6 Å². The van der Waals surface area contributed by atoms with E-state index in [9.17, 15) is 13.2 Å². The number of thiazole rings is 1. The molecule has 1 aliphatic heterocycles. The van der Waals surface area contributed by atoms with Crippen LogP contribution in [0, 0.1) is 11.8 Å². The lowest BCUT2D eigenvalue weighted by Gasteiger charge is -2.34. The molecule has 1 amide bonds. The van der Waals surface area contributed by atoms with Gasteiger partial charge in [-0.1, -0.05) is 43.4 Å². The van der Waals surface area contributed by atoms with Gasteiger partial charge in [-0.25, -0.2) is 8.42 Å². The van der Waals surface area contributed by atoms with E-state index in [-0.39, 0.29) is 10.5 Å². The van der Waals surface area contributed by atoms with Gasteiger partial charge in [0, 0.05) is 25.2 Å². The first-order chi connectivity index (χ1) is 14.8. The third kappa shape index (κ3) is 4.37. The van der Waals surface area contributed by atoms with Crippen molar-refractivity contribution in [3.8, 4) is 0 Å². The Hall–Kier alpha value is -2.29. The van der Waals surface area contributed by atoms with E-state index in [1.54, 1.807) is 22.5 Å². The van der Waals surface area contributed by atoms with Crippen molar-refractivity contribution in [3.63, 3.8) is 0 Å². The Morgan fingerprint density at radius 1 is 1.10 bits per heavy atom. The van der Waals surface area contributed by atoms with E-state index in [1.165, 1.54) is 17.4 Å². The van der Waals surface area contributed by atoms with E-state index >= 15 is 0 Å². The molecule has 31 heavy (non-hydrogen) atoms. The highest BCUT2D eigenvalue weighted by molar-refractivity contribution is 7.89. The maximum absolute atomic E-state index is 13.2. The average molecular weight is 458 g/mol. The molecule has 3 aromatic rings. The number of nitrogens with zero attached hydrogens (tertiary/aromatic N) is 3. The molecule has 2 heterocycles. The van der Waals surface area contributed by atoms with Crippen molar-refractivity contribution in [2.75, 3.05) is 13.1 Å². The first kappa shape index (κ1) is 21.9. The predicted octanol–water partition coefficient (Wildman–Crippen LogP) is 4.13. The van der Waals surface area contributed by atoms with Crippen molar-refractivity contribution in [2.24, 2.45) is 16.8 Å². The van der Waals surface area contributed by atoms with Gasteiger partial charge in [0.15, 0.2) is 4.80 Å². The van der Waals surface area contributed by atoms with E-state index < -0.39 is 15.9 Å². The number of fused-ring (bicyclic) bond motifs is 1. The molecule has 0 N–H and O–H groups in total. The summed E-state index contributed by atoms with van der Waals surface area (Å²) in [6.07, 6.45) is 1.02. The zero-order valence-corrected chi connectivity index (χ0v) is 19.6. The number of benzene rings is 2. The van der Waals surface area contributed by atoms with Gasteiger partial charge in [-0.3, -0.25) is 4.79 Å². The lowest BCUT2D eigenvalue weighted by Crippen LogP contribution is -2.42. The van der Waals surface area contributed by atoms with Crippen LogP contribution in [-0.2, 0) is 16.6 Å². The molecule has 1 saturated heterocycles. The second-order valence-corrected chi connectivity index (χ2v) is 11.3. The SMILES string of the molecule is CCn1c(=NC(=O)c2cccc(S(=O)(=O)N3C[C@H](C)C[C@H](C)C3)c2)sc2ccccc21. The first-order valence-corrected chi connectivity index (χ1v) is 12.8. The molecular weight excluding hydrogens is 430 g/mol.